The average molecular weight is 473 g/mol. The lowest BCUT2D eigenvalue weighted by Gasteiger charge is -2.13. The van der Waals surface area contributed by atoms with Crippen LogP contribution in [0.5, 0.6) is 0 Å². The first-order valence-corrected chi connectivity index (χ1v) is 8.94. The van der Waals surface area contributed by atoms with Crippen LogP contribution in [0, 0.1) is 3.57 Å². The van der Waals surface area contributed by atoms with Crippen molar-refractivity contribution in [2.45, 2.75) is 11.2 Å². The van der Waals surface area contributed by atoms with E-state index >= 15 is 0 Å². The predicted molar refractivity (Wildman–Crippen MR) is 101 cm³/mol. The number of fused-ring (bicyclic) bond motifs is 1. The van der Waals surface area contributed by atoms with Crippen molar-refractivity contribution < 1.29 is 0 Å². The molecule has 1 unspecified atom stereocenters. The summed E-state index contributed by atoms with van der Waals surface area (Å²) in [7, 11) is 0. The van der Waals surface area contributed by atoms with E-state index in [4.69, 9.17) is 16.6 Å². The van der Waals surface area contributed by atoms with E-state index in [1.807, 2.05) is 36.4 Å². The van der Waals surface area contributed by atoms with E-state index in [0.717, 1.165) is 22.7 Å². The van der Waals surface area contributed by atoms with E-state index in [1.54, 1.807) is 0 Å². The van der Waals surface area contributed by atoms with E-state index in [9.17, 15) is 0 Å². The van der Waals surface area contributed by atoms with Crippen molar-refractivity contribution in [1.29, 1.82) is 0 Å². The Bertz CT molecular complexity index is 791. The number of benzene rings is 2. The Labute approximate surface area is 151 Å². The lowest BCUT2D eigenvalue weighted by molar-refractivity contribution is 0.908. The van der Waals surface area contributed by atoms with Crippen LogP contribution in [0.3, 0.4) is 0 Å². The largest absolute Gasteiger partial charge is 0.253 e. The van der Waals surface area contributed by atoms with Gasteiger partial charge in [-0.15, -0.1) is 0 Å². The Morgan fingerprint density at radius 1 is 1.10 bits per heavy atom. The summed E-state index contributed by atoms with van der Waals surface area (Å²) in [4.78, 5) is 4.93. The van der Waals surface area contributed by atoms with Gasteiger partial charge in [-0.1, -0.05) is 51.8 Å². The van der Waals surface area contributed by atoms with Gasteiger partial charge in [-0.05, 0) is 58.5 Å². The number of hydrogen-bond acceptors (Lipinski definition) is 1. The molecule has 4 heteroatoms. The summed E-state index contributed by atoms with van der Waals surface area (Å²) in [6.45, 7) is 0. The first-order valence-electron chi connectivity index (χ1n) is 6.57. The van der Waals surface area contributed by atoms with E-state index in [2.05, 4.69) is 56.7 Å². The van der Waals surface area contributed by atoms with Crippen molar-refractivity contribution in [1.82, 2.24) is 4.98 Å². The van der Waals surface area contributed by atoms with Gasteiger partial charge in [0.25, 0.3) is 0 Å². The number of para-hydroxylation sites is 1. The van der Waals surface area contributed by atoms with Gasteiger partial charge in [0.05, 0.1) is 5.52 Å². The lowest BCUT2D eigenvalue weighted by atomic mass is 10.1. The van der Waals surface area contributed by atoms with Gasteiger partial charge in [-0.2, -0.15) is 0 Å². The Balaban J connectivity index is 1.88. The molecular formula is C17H12BrClIN. The standard InChI is InChI=1S/C17H12BrClIN/c18-15(14-9-12(19)6-8-16(14)20)10-13-7-5-11-3-1-2-4-17(11)21-13/h1-9,15H,10H2. The van der Waals surface area contributed by atoms with Crippen molar-refractivity contribution in [3.05, 3.63) is 74.4 Å². The second-order valence-electron chi connectivity index (χ2n) is 4.83. The Morgan fingerprint density at radius 2 is 1.90 bits per heavy atom. The second kappa shape index (κ2) is 6.63. The van der Waals surface area contributed by atoms with Crippen LogP contribution in [0.15, 0.2) is 54.6 Å². The van der Waals surface area contributed by atoms with Gasteiger partial charge in [0.1, 0.15) is 0 Å². The molecule has 3 aromatic rings. The van der Waals surface area contributed by atoms with Crippen LogP contribution < -0.4 is 0 Å². The molecule has 0 N–H and O–H groups in total. The van der Waals surface area contributed by atoms with Crippen molar-refractivity contribution in [2.24, 2.45) is 0 Å². The van der Waals surface area contributed by atoms with Crippen molar-refractivity contribution in [3.8, 4) is 0 Å². The molecule has 1 aromatic heterocycles. The highest BCUT2D eigenvalue weighted by molar-refractivity contribution is 14.1. The van der Waals surface area contributed by atoms with Crippen LogP contribution in [0.4, 0.5) is 0 Å². The first kappa shape index (κ1) is 15.3. The van der Waals surface area contributed by atoms with Crippen LogP contribution >= 0.6 is 50.1 Å². The third-order valence-corrected chi connectivity index (χ3v) is 5.37. The molecule has 0 aliphatic rings. The summed E-state index contributed by atoms with van der Waals surface area (Å²) >= 11 is 12.2. The van der Waals surface area contributed by atoms with E-state index < -0.39 is 0 Å². The summed E-state index contributed by atoms with van der Waals surface area (Å²) in [5.74, 6) is 0. The highest BCUT2D eigenvalue weighted by Gasteiger charge is 2.13. The van der Waals surface area contributed by atoms with Crippen LogP contribution in [0.1, 0.15) is 16.1 Å². The monoisotopic (exact) mass is 471 g/mol. The number of aromatic nitrogens is 1. The summed E-state index contributed by atoms with van der Waals surface area (Å²) in [5.41, 5.74) is 3.32. The summed E-state index contributed by atoms with van der Waals surface area (Å²) in [5, 5.41) is 1.94. The maximum absolute atomic E-state index is 6.10. The molecule has 106 valence electrons. The summed E-state index contributed by atoms with van der Waals surface area (Å²) < 4.78 is 1.21. The van der Waals surface area contributed by atoms with Crippen molar-refractivity contribution >= 4 is 61.0 Å². The van der Waals surface area contributed by atoms with Crippen LogP contribution in [0.2, 0.25) is 5.02 Å². The third-order valence-electron chi connectivity index (χ3n) is 3.34. The molecule has 1 heterocycles. The minimum Gasteiger partial charge on any atom is -0.253 e. The highest BCUT2D eigenvalue weighted by Crippen LogP contribution is 2.32. The number of alkyl halides is 1. The van der Waals surface area contributed by atoms with Gasteiger partial charge in [0, 0.05) is 30.9 Å². The summed E-state index contributed by atoms with van der Waals surface area (Å²) in [6, 6.07) is 18.4. The van der Waals surface area contributed by atoms with Crippen LogP contribution in [-0.4, -0.2) is 4.98 Å². The number of halogens is 3. The highest BCUT2D eigenvalue weighted by atomic mass is 127. The fourth-order valence-corrected chi connectivity index (χ4v) is 4.30. The van der Waals surface area contributed by atoms with Crippen molar-refractivity contribution in [2.75, 3.05) is 0 Å². The fraction of sp³-hybridized carbons (Fsp3) is 0.118. The van der Waals surface area contributed by atoms with E-state index in [1.165, 1.54) is 14.5 Å². The predicted octanol–water partition coefficient (Wildman–Crippen LogP) is 6.17. The molecule has 0 bridgehead atoms. The zero-order valence-electron chi connectivity index (χ0n) is 11.1. The molecule has 0 spiro atoms. The number of pyridine rings is 1. The normalized spacial score (nSPS) is 12.5. The number of rotatable bonds is 3. The van der Waals surface area contributed by atoms with Crippen molar-refractivity contribution in [3.63, 3.8) is 0 Å². The second-order valence-corrected chi connectivity index (χ2v) is 7.54. The topological polar surface area (TPSA) is 12.9 Å². The van der Waals surface area contributed by atoms with Gasteiger partial charge in [0.2, 0.25) is 0 Å². The SMILES string of the molecule is Clc1ccc(I)c(C(Br)Cc2ccc3ccccc3n2)c1. The Hall–Kier alpha value is -0.650. The molecule has 0 aliphatic carbocycles. The third kappa shape index (κ3) is 3.58. The molecule has 1 atom stereocenters. The number of hydrogen-bond donors (Lipinski definition) is 0. The molecule has 0 saturated heterocycles. The van der Waals surface area contributed by atoms with Gasteiger partial charge in [-0.3, -0.25) is 4.98 Å². The quantitative estimate of drug-likeness (QED) is 0.328. The molecule has 3 rings (SSSR count). The smallest absolute Gasteiger partial charge is 0.0705 e. The van der Waals surface area contributed by atoms with Crippen LogP contribution in [0.25, 0.3) is 10.9 Å². The van der Waals surface area contributed by atoms with Gasteiger partial charge in [-0.25, -0.2) is 0 Å². The average Bonchev–Trinajstić information content (AvgIpc) is 2.49. The number of nitrogens with zero attached hydrogens (tertiary/aromatic N) is 1. The Morgan fingerprint density at radius 3 is 2.76 bits per heavy atom. The van der Waals surface area contributed by atoms with Crippen LogP contribution in [-0.2, 0) is 6.42 Å². The maximum Gasteiger partial charge on any atom is 0.0705 e. The molecule has 2 aromatic carbocycles. The zero-order valence-corrected chi connectivity index (χ0v) is 15.6. The van der Waals surface area contributed by atoms with Gasteiger partial charge >= 0.3 is 0 Å². The van der Waals surface area contributed by atoms with E-state index in [-0.39, 0.29) is 4.83 Å². The molecule has 0 aliphatic heterocycles. The molecule has 0 saturated carbocycles. The van der Waals surface area contributed by atoms with Gasteiger partial charge < -0.3 is 0 Å². The maximum atomic E-state index is 6.10. The summed E-state index contributed by atoms with van der Waals surface area (Å²) in [6.07, 6.45) is 0.835. The molecule has 0 amide bonds. The fourth-order valence-electron chi connectivity index (χ4n) is 2.27. The molecule has 1 nitrogen and oxygen atoms in total. The molecule has 0 fully saturated rings. The molecule has 21 heavy (non-hydrogen) atoms. The minimum atomic E-state index is 0.205. The van der Waals surface area contributed by atoms with Gasteiger partial charge in [0.15, 0.2) is 0 Å². The molecular weight excluding hydrogens is 460 g/mol. The first-order chi connectivity index (χ1) is 10.1. The zero-order chi connectivity index (χ0) is 14.8. The lowest BCUT2D eigenvalue weighted by Crippen LogP contribution is -2.00. The molecule has 0 radical (unpaired) electrons. The van der Waals surface area contributed by atoms with E-state index in [0.29, 0.717) is 0 Å². The Kier molecular flexibility index (Phi) is 4.82. The minimum absolute atomic E-state index is 0.205.